The van der Waals surface area contributed by atoms with Gasteiger partial charge < -0.3 is 10.0 Å². The molecule has 156 valence electrons. The Morgan fingerprint density at radius 1 is 1.07 bits per heavy atom. The highest BCUT2D eigenvalue weighted by Crippen LogP contribution is 2.34. The van der Waals surface area contributed by atoms with Gasteiger partial charge in [0.05, 0.1) is 16.2 Å². The van der Waals surface area contributed by atoms with E-state index in [0.29, 0.717) is 22.3 Å². The van der Waals surface area contributed by atoms with E-state index in [0.717, 1.165) is 24.3 Å². The highest BCUT2D eigenvalue weighted by Gasteiger charge is 2.32. The molecule has 2 aromatic carbocycles. The van der Waals surface area contributed by atoms with Crippen molar-refractivity contribution in [3.05, 3.63) is 64.6 Å². The number of aromatic carboxylic acids is 1. The summed E-state index contributed by atoms with van der Waals surface area (Å²) in [6.45, 7) is 8.57. The van der Waals surface area contributed by atoms with Crippen molar-refractivity contribution in [2.45, 2.75) is 20.8 Å². The van der Waals surface area contributed by atoms with Crippen molar-refractivity contribution in [2.75, 3.05) is 24.5 Å². The van der Waals surface area contributed by atoms with Crippen molar-refractivity contribution in [2.24, 2.45) is 4.99 Å². The molecule has 0 saturated carbocycles. The van der Waals surface area contributed by atoms with Gasteiger partial charge >= 0.3 is 5.97 Å². The molecule has 0 atom stereocenters. The number of hydrogen-bond donors (Lipinski definition) is 1. The quantitative estimate of drug-likeness (QED) is 0.644. The van der Waals surface area contributed by atoms with Gasteiger partial charge in [0.2, 0.25) is 0 Å². The molecule has 1 saturated heterocycles. The lowest BCUT2D eigenvalue weighted by Crippen LogP contribution is -2.28. The summed E-state index contributed by atoms with van der Waals surface area (Å²) in [6, 6.07) is 14.5. The lowest BCUT2D eigenvalue weighted by atomic mass is 10.1. The van der Waals surface area contributed by atoms with Crippen molar-refractivity contribution < 1.29 is 14.7 Å². The maximum atomic E-state index is 12.8. The van der Waals surface area contributed by atoms with Crippen LogP contribution in [0.1, 0.15) is 36.7 Å². The molecular formula is C23H25N3O3S. The summed E-state index contributed by atoms with van der Waals surface area (Å²) in [5.41, 5.74) is 2.94. The molecule has 7 heteroatoms. The fraction of sp³-hybridized carbons (Fsp3) is 0.261. The van der Waals surface area contributed by atoms with Crippen LogP contribution in [0.15, 0.2) is 58.4 Å². The highest BCUT2D eigenvalue weighted by molar-refractivity contribution is 8.18. The van der Waals surface area contributed by atoms with Gasteiger partial charge in [0, 0.05) is 25.3 Å². The zero-order chi connectivity index (χ0) is 21.7. The van der Waals surface area contributed by atoms with E-state index in [4.69, 9.17) is 5.11 Å². The molecular weight excluding hydrogens is 398 g/mol. The second kappa shape index (κ2) is 9.63. The van der Waals surface area contributed by atoms with E-state index < -0.39 is 5.97 Å². The average molecular weight is 424 g/mol. The second-order valence-electron chi connectivity index (χ2n) is 6.67. The summed E-state index contributed by atoms with van der Waals surface area (Å²) in [5.74, 6) is -1.05. The van der Waals surface area contributed by atoms with Crippen LogP contribution >= 0.6 is 11.8 Å². The summed E-state index contributed by atoms with van der Waals surface area (Å²) in [7, 11) is 0. The zero-order valence-electron chi connectivity index (χ0n) is 17.3. The molecule has 30 heavy (non-hydrogen) atoms. The van der Waals surface area contributed by atoms with Crippen LogP contribution in [0.2, 0.25) is 0 Å². The SMILES string of the molecule is CCN1C(=O)C(=Cc2ccc(N(CC)CC)cc2)SC1=Nc1ccc(C(=O)O)cc1. The van der Waals surface area contributed by atoms with Crippen molar-refractivity contribution in [1.82, 2.24) is 4.90 Å². The molecule has 0 unspecified atom stereocenters. The van der Waals surface area contributed by atoms with Gasteiger partial charge in [-0.3, -0.25) is 9.69 Å². The molecule has 2 aromatic rings. The van der Waals surface area contributed by atoms with Crippen LogP contribution in [0.25, 0.3) is 6.08 Å². The molecule has 0 spiro atoms. The maximum absolute atomic E-state index is 12.8. The largest absolute Gasteiger partial charge is 0.478 e. The summed E-state index contributed by atoms with van der Waals surface area (Å²) in [4.78, 5) is 32.9. The molecule has 1 fully saturated rings. The van der Waals surface area contributed by atoms with Gasteiger partial charge in [0.25, 0.3) is 5.91 Å². The van der Waals surface area contributed by atoms with Crippen molar-refractivity contribution in [3.8, 4) is 0 Å². The minimum Gasteiger partial charge on any atom is -0.478 e. The Hall–Kier alpha value is -3.06. The van der Waals surface area contributed by atoms with Gasteiger partial charge in [-0.25, -0.2) is 9.79 Å². The minimum absolute atomic E-state index is 0.0729. The Bertz CT molecular complexity index is 978. The predicted molar refractivity (Wildman–Crippen MR) is 123 cm³/mol. The number of hydrogen-bond acceptors (Lipinski definition) is 5. The Kier molecular flexibility index (Phi) is 6.95. The number of carboxylic acid groups (broad SMARTS) is 1. The summed E-state index contributed by atoms with van der Waals surface area (Å²) in [5, 5.41) is 9.62. The topological polar surface area (TPSA) is 73.2 Å². The van der Waals surface area contributed by atoms with E-state index in [1.807, 2.05) is 25.1 Å². The van der Waals surface area contributed by atoms with Crippen LogP contribution in [-0.2, 0) is 4.79 Å². The Morgan fingerprint density at radius 3 is 2.23 bits per heavy atom. The third kappa shape index (κ3) is 4.74. The van der Waals surface area contributed by atoms with E-state index in [9.17, 15) is 9.59 Å². The normalized spacial score (nSPS) is 16.5. The number of likely N-dealkylation sites (N-methyl/N-ethyl adjacent to an activating group) is 1. The summed E-state index contributed by atoms with van der Waals surface area (Å²) < 4.78 is 0. The van der Waals surface area contributed by atoms with E-state index in [-0.39, 0.29) is 11.5 Å². The van der Waals surface area contributed by atoms with Crippen LogP contribution in [-0.4, -0.2) is 46.7 Å². The Balaban J connectivity index is 1.83. The van der Waals surface area contributed by atoms with Crippen LogP contribution in [0, 0.1) is 0 Å². The first-order chi connectivity index (χ1) is 14.5. The van der Waals surface area contributed by atoms with Gasteiger partial charge in [-0.2, -0.15) is 0 Å². The fourth-order valence-corrected chi connectivity index (χ4v) is 4.24. The summed E-state index contributed by atoms with van der Waals surface area (Å²) >= 11 is 1.33. The Morgan fingerprint density at radius 2 is 1.70 bits per heavy atom. The lowest BCUT2D eigenvalue weighted by molar-refractivity contribution is -0.122. The van der Waals surface area contributed by atoms with Gasteiger partial charge in [-0.15, -0.1) is 0 Å². The highest BCUT2D eigenvalue weighted by atomic mass is 32.2. The number of amidine groups is 1. The smallest absolute Gasteiger partial charge is 0.335 e. The van der Waals surface area contributed by atoms with Crippen LogP contribution in [0.5, 0.6) is 0 Å². The molecule has 1 aliphatic heterocycles. The molecule has 0 bridgehead atoms. The van der Waals surface area contributed by atoms with Crippen LogP contribution in [0.4, 0.5) is 11.4 Å². The molecule has 1 N–H and O–H groups in total. The number of benzene rings is 2. The molecule has 1 amide bonds. The predicted octanol–water partition coefficient (Wildman–Crippen LogP) is 4.85. The number of carbonyl (C=O) groups is 2. The van der Waals surface area contributed by atoms with Crippen molar-refractivity contribution >= 4 is 46.3 Å². The molecule has 0 radical (unpaired) electrons. The molecule has 0 aromatic heterocycles. The molecule has 1 heterocycles. The van der Waals surface area contributed by atoms with E-state index >= 15 is 0 Å². The maximum Gasteiger partial charge on any atom is 0.335 e. The fourth-order valence-electron chi connectivity index (χ4n) is 3.18. The van der Waals surface area contributed by atoms with E-state index in [1.165, 1.54) is 23.9 Å². The molecule has 0 aliphatic carbocycles. The second-order valence-corrected chi connectivity index (χ2v) is 7.68. The molecule has 1 aliphatic rings. The van der Waals surface area contributed by atoms with Gasteiger partial charge in [-0.05, 0) is 80.6 Å². The number of carbonyl (C=O) groups excluding carboxylic acids is 1. The number of aliphatic imine (C=N–C) groups is 1. The van der Waals surface area contributed by atoms with E-state index in [1.54, 1.807) is 17.0 Å². The Labute approximate surface area is 180 Å². The van der Waals surface area contributed by atoms with Gasteiger partial charge in [0.15, 0.2) is 5.17 Å². The van der Waals surface area contributed by atoms with Crippen LogP contribution in [0.3, 0.4) is 0 Å². The number of anilines is 1. The van der Waals surface area contributed by atoms with Crippen molar-refractivity contribution in [1.29, 1.82) is 0 Å². The van der Waals surface area contributed by atoms with Crippen LogP contribution < -0.4 is 4.90 Å². The first kappa shape index (κ1) is 21.6. The number of rotatable bonds is 7. The first-order valence-corrected chi connectivity index (χ1v) is 10.8. The average Bonchev–Trinajstić information content (AvgIpc) is 3.04. The third-order valence-corrected chi connectivity index (χ3v) is 5.87. The standard InChI is InChI=1S/C23H25N3O3S/c1-4-25(5-2)19-13-7-16(8-14-19)15-20-21(27)26(6-3)23(30-20)24-18-11-9-17(10-12-18)22(28)29/h7-15H,4-6H2,1-3H3,(H,28,29). The first-order valence-electron chi connectivity index (χ1n) is 9.95. The molecule has 3 rings (SSSR count). The molecule has 6 nitrogen and oxygen atoms in total. The number of thioether (sulfide) groups is 1. The van der Waals surface area contributed by atoms with Gasteiger partial charge in [-0.1, -0.05) is 12.1 Å². The third-order valence-electron chi connectivity index (χ3n) is 4.86. The minimum atomic E-state index is -0.980. The number of nitrogens with zero attached hydrogens (tertiary/aromatic N) is 3. The van der Waals surface area contributed by atoms with Crippen molar-refractivity contribution in [3.63, 3.8) is 0 Å². The summed E-state index contributed by atoms with van der Waals surface area (Å²) in [6.07, 6.45) is 1.89. The monoisotopic (exact) mass is 423 g/mol. The van der Waals surface area contributed by atoms with E-state index in [2.05, 4.69) is 35.9 Å². The number of amides is 1. The lowest BCUT2D eigenvalue weighted by Gasteiger charge is -2.20. The number of carboxylic acids is 1. The zero-order valence-corrected chi connectivity index (χ0v) is 18.1. The van der Waals surface area contributed by atoms with Gasteiger partial charge in [0.1, 0.15) is 0 Å².